The largest absolute Gasteiger partial charge is 0.493 e. The number of aliphatic carboxylic acids is 1. The van der Waals surface area contributed by atoms with Crippen molar-refractivity contribution in [1.29, 1.82) is 0 Å². The van der Waals surface area contributed by atoms with E-state index in [2.05, 4.69) is 6.92 Å². The zero-order chi connectivity index (χ0) is 13.3. The first-order chi connectivity index (χ1) is 8.53. The van der Waals surface area contributed by atoms with Crippen molar-refractivity contribution in [1.82, 2.24) is 0 Å². The van der Waals surface area contributed by atoms with Gasteiger partial charge >= 0.3 is 5.97 Å². The van der Waals surface area contributed by atoms with E-state index in [4.69, 9.17) is 9.47 Å². The van der Waals surface area contributed by atoms with E-state index in [0.29, 0.717) is 30.3 Å². The molecule has 0 heterocycles. The molecule has 1 fully saturated rings. The fraction of sp³-hybridized carbons (Fsp3) is 0.500. The molecular formula is C14H18O4. The van der Waals surface area contributed by atoms with E-state index in [0.717, 1.165) is 5.56 Å². The highest BCUT2D eigenvalue weighted by molar-refractivity contribution is 5.83. The quantitative estimate of drug-likeness (QED) is 0.891. The van der Waals surface area contributed by atoms with Crippen molar-refractivity contribution in [2.75, 3.05) is 14.2 Å². The molecule has 4 heteroatoms. The highest BCUT2D eigenvalue weighted by Gasteiger charge is 2.50. The molecule has 1 aliphatic rings. The van der Waals surface area contributed by atoms with Gasteiger partial charge in [-0.25, -0.2) is 0 Å². The minimum Gasteiger partial charge on any atom is -0.493 e. The number of carbonyl (C=O) groups is 1. The Morgan fingerprint density at radius 1 is 1.28 bits per heavy atom. The van der Waals surface area contributed by atoms with Crippen molar-refractivity contribution in [3.63, 3.8) is 0 Å². The summed E-state index contributed by atoms with van der Waals surface area (Å²) in [6.45, 7) is 2.07. The fourth-order valence-electron chi connectivity index (χ4n) is 2.80. The zero-order valence-corrected chi connectivity index (χ0v) is 10.9. The molecule has 98 valence electrons. The summed E-state index contributed by atoms with van der Waals surface area (Å²) in [5.41, 5.74) is 0.0460. The number of methoxy groups -OCH3 is 2. The van der Waals surface area contributed by atoms with E-state index in [1.54, 1.807) is 26.4 Å². The summed E-state index contributed by atoms with van der Waals surface area (Å²) in [7, 11) is 3.12. The van der Waals surface area contributed by atoms with Crippen molar-refractivity contribution in [2.24, 2.45) is 5.92 Å². The number of carboxylic acids is 1. The predicted octanol–water partition coefficient (Wildman–Crippen LogP) is 2.46. The summed E-state index contributed by atoms with van der Waals surface area (Å²) in [5.74, 6) is 0.895. The number of hydrogen-bond donors (Lipinski definition) is 1. The average molecular weight is 250 g/mol. The highest BCUT2D eigenvalue weighted by atomic mass is 16.5. The van der Waals surface area contributed by atoms with Gasteiger partial charge in [-0.3, -0.25) is 4.79 Å². The molecule has 2 rings (SSSR count). The second-order valence-electron chi connectivity index (χ2n) is 4.97. The van der Waals surface area contributed by atoms with E-state index in [9.17, 15) is 9.90 Å². The third-order valence-corrected chi connectivity index (χ3v) is 3.74. The molecule has 1 aliphatic carbocycles. The lowest BCUT2D eigenvalue weighted by molar-refractivity contribution is -0.149. The van der Waals surface area contributed by atoms with E-state index < -0.39 is 11.4 Å². The van der Waals surface area contributed by atoms with Crippen molar-refractivity contribution >= 4 is 5.97 Å². The van der Waals surface area contributed by atoms with Gasteiger partial charge in [0.2, 0.25) is 0 Å². The Balaban J connectivity index is 2.41. The Labute approximate surface area is 107 Å². The van der Waals surface area contributed by atoms with Crippen molar-refractivity contribution in [2.45, 2.75) is 25.2 Å². The molecule has 0 aromatic heterocycles. The Bertz CT molecular complexity index is 461. The Hall–Kier alpha value is -1.71. The van der Waals surface area contributed by atoms with Crippen LogP contribution < -0.4 is 9.47 Å². The molecule has 0 bridgehead atoms. The summed E-state index contributed by atoms with van der Waals surface area (Å²) in [5, 5.41) is 9.47. The van der Waals surface area contributed by atoms with Crippen LogP contribution in [0.5, 0.6) is 11.5 Å². The minimum absolute atomic E-state index is 0.453. The molecule has 1 aromatic rings. The fourth-order valence-corrected chi connectivity index (χ4v) is 2.80. The van der Waals surface area contributed by atoms with Crippen LogP contribution >= 0.6 is 0 Å². The maximum atomic E-state index is 11.5. The third kappa shape index (κ3) is 1.82. The van der Waals surface area contributed by atoms with Gasteiger partial charge in [0.15, 0.2) is 11.5 Å². The van der Waals surface area contributed by atoms with Gasteiger partial charge < -0.3 is 14.6 Å². The van der Waals surface area contributed by atoms with Crippen LogP contribution in [0.15, 0.2) is 18.2 Å². The third-order valence-electron chi connectivity index (χ3n) is 3.74. The molecule has 4 nitrogen and oxygen atoms in total. The summed E-state index contributed by atoms with van der Waals surface area (Å²) >= 11 is 0. The van der Waals surface area contributed by atoms with Gasteiger partial charge in [-0.1, -0.05) is 13.0 Å². The first kappa shape index (κ1) is 12.7. The second kappa shape index (κ2) is 4.52. The van der Waals surface area contributed by atoms with Gasteiger partial charge in [0.25, 0.3) is 0 Å². The normalized spacial score (nSPS) is 26.3. The number of benzene rings is 1. The standard InChI is InChI=1S/C14H18O4/c1-9-7-14(8-9,13(15)16)10-4-5-11(17-2)12(6-10)18-3/h4-6,9H,7-8H2,1-3H3,(H,15,16). The second-order valence-corrected chi connectivity index (χ2v) is 4.97. The molecule has 0 saturated heterocycles. The highest BCUT2D eigenvalue weighted by Crippen LogP contribution is 2.49. The molecular weight excluding hydrogens is 232 g/mol. The van der Waals surface area contributed by atoms with Crippen LogP contribution in [0.3, 0.4) is 0 Å². The number of ether oxygens (including phenoxy) is 2. The van der Waals surface area contributed by atoms with E-state index in [1.165, 1.54) is 0 Å². The van der Waals surface area contributed by atoms with Crippen molar-refractivity contribution in [3.05, 3.63) is 23.8 Å². The van der Waals surface area contributed by atoms with Crippen LogP contribution in [-0.2, 0) is 10.2 Å². The van der Waals surface area contributed by atoms with Crippen LogP contribution in [-0.4, -0.2) is 25.3 Å². The number of rotatable bonds is 4. The van der Waals surface area contributed by atoms with E-state index in [-0.39, 0.29) is 0 Å². The Kier molecular flexibility index (Phi) is 3.20. The van der Waals surface area contributed by atoms with Crippen LogP contribution in [0, 0.1) is 5.92 Å². The van der Waals surface area contributed by atoms with Gasteiger partial charge in [-0.05, 0) is 36.5 Å². The minimum atomic E-state index is -0.757. The van der Waals surface area contributed by atoms with Gasteiger partial charge in [0.05, 0.1) is 19.6 Å². The number of hydrogen-bond acceptors (Lipinski definition) is 3. The maximum absolute atomic E-state index is 11.5. The lowest BCUT2D eigenvalue weighted by Gasteiger charge is -2.43. The van der Waals surface area contributed by atoms with Gasteiger partial charge in [-0.15, -0.1) is 0 Å². The average Bonchev–Trinajstić information content (AvgIpc) is 2.33. The van der Waals surface area contributed by atoms with Crippen molar-refractivity contribution in [3.8, 4) is 11.5 Å². The first-order valence-corrected chi connectivity index (χ1v) is 5.99. The lowest BCUT2D eigenvalue weighted by atomic mass is 9.59. The zero-order valence-electron chi connectivity index (χ0n) is 10.9. The molecule has 18 heavy (non-hydrogen) atoms. The van der Waals surface area contributed by atoms with E-state index >= 15 is 0 Å². The predicted molar refractivity (Wildman–Crippen MR) is 67.3 cm³/mol. The van der Waals surface area contributed by atoms with Crippen LogP contribution in [0.4, 0.5) is 0 Å². The summed E-state index contributed by atoms with van der Waals surface area (Å²) in [6.07, 6.45) is 1.36. The molecule has 1 saturated carbocycles. The SMILES string of the molecule is COc1ccc(C2(C(=O)O)CC(C)C2)cc1OC. The van der Waals surface area contributed by atoms with Gasteiger partial charge in [0, 0.05) is 0 Å². The monoisotopic (exact) mass is 250 g/mol. The summed E-state index contributed by atoms with van der Waals surface area (Å²) < 4.78 is 10.4. The Morgan fingerprint density at radius 3 is 2.33 bits per heavy atom. The number of carboxylic acid groups (broad SMARTS) is 1. The van der Waals surface area contributed by atoms with Crippen LogP contribution in [0.2, 0.25) is 0 Å². The first-order valence-electron chi connectivity index (χ1n) is 5.99. The van der Waals surface area contributed by atoms with Gasteiger partial charge in [0.1, 0.15) is 0 Å². The van der Waals surface area contributed by atoms with Crippen molar-refractivity contribution < 1.29 is 19.4 Å². The molecule has 0 amide bonds. The smallest absolute Gasteiger partial charge is 0.314 e. The lowest BCUT2D eigenvalue weighted by Crippen LogP contribution is -2.46. The summed E-state index contributed by atoms with van der Waals surface area (Å²) in [4.78, 5) is 11.5. The van der Waals surface area contributed by atoms with Crippen LogP contribution in [0.1, 0.15) is 25.3 Å². The molecule has 0 unspecified atom stereocenters. The Morgan fingerprint density at radius 2 is 1.89 bits per heavy atom. The maximum Gasteiger partial charge on any atom is 0.314 e. The van der Waals surface area contributed by atoms with Crippen LogP contribution in [0.25, 0.3) is 0 Å². The molecule has 0 aliphatic heterocycles. The molecule has 1 N–H and O–H groups in total. The van der Waals surface area contributed by atoms with E-state index in [1.807, 2.05) is 6.07 Å². The molecule has 0 atom stereocenters. The topological polar surface area (TPSA) is 55.8 Å². The molecule has 0 radical (unpaired) electrons. The molecule has 1 aromatic carbocycles. The summed E-state index contributed by atoms with van der Waals surface area (Å²) in [6, 6.07) is 5.36. The molecule has 0 spiro atoms. The van der Waals surface area contributed by atoms with Gasteiger partial charge in [-0.2, -0.15) is 0 Å².